The highest BCUT2D eigenvalue weighted by molar-refractivity contribution is 6.28. The van der Waals surface area contributed by atoms with E-state index in [-0.39, 0.29) is 11.2 Å². The number of aromatic nitrogens is 4. The molecule has 6 heteroatoms. The zero-order valence-corrected chi connectivity index (χ0v) is 15.9. The largest absolute Gasteiger partial charge is 0.497 e. The summed E-state index contributed by atoms with van der Waals surface area (Å²) in [5, 5.41) is 11.6. The molecule has 6 rings (SSSR count). The van der Waals surface area contributed by atoms with E-state index in [1.54, 1.807) is 7.11 Å². The molecule has 3 aromatic heterocycles. The number of carbonyl (C=O) groups excluding carboxylic acids is 1. The number of pyridine rings is 2. The molecule has 0 radical (unpaired) electrons. The van der Waals surface area contributed by atoms with Crippen molar-refractivity contribution in [1.82, 2.24) is 19.8 Å². The van der Waals surface area contributed by atoms with Crippen LogP contribution in [-0.4, -0.2) is 32.7 Å². The average Bonchev–Trinajstić information content (AvgIpc) is 3.09. The maximum atomic E-state index is 13.3. The van der Waals surface area contributed by atoms with Gasteiger partial charge in [-0.05, 0) is 42.2 Å². The summed E-state index contributed by atoms with van der Waals surface area (Å²) in [6.45, 7) is 4.26. The maximum absolute atomic E-state index is 13.3. The van der Waals surface area contributed by atoms with Gasteiger partial charge in [0.15, 0.2) is 5.78 Å². The molecule has 0 saturated heterocycles. The summed E-state index contributed by atoms with van der Waals surface area (Å²) in [6.07, 6.45) is 1.30. The fourth-order valence-electron chi connectivity index (χ4n) is 4.74. The Morgan fingerprint density at radius 3 is 2.71 bits per heavy atom. The third kappa shape index (κ3) is 1.87. The molecular weight excluding hydrogens is 352 g/mol. The molecule has 0 amide bonds. The SMILES string of the molecule is COc1ccc2c(c1)c1c3c(nc4ccc5nnn2c5c41)CC(C)(C)CC3=O. The second-order valence-corrected chi connectivity index (χ2v) is 8.46. The third-order valence-electron chi connectivity index (χ3n) is 5.90. The van der Waals surface area contributed by atoms with Crippen LogP contribution in [0.1, 0.15) is 36.3 Å². The fraction of sp³-hybridized carbons (Fsp3) is 0.273. The number of nitrogens with zero attached hydrogens (tertiary/aromatic N) is 4. The Labute approximate surface area is 160 Å². The van der Waals surface area contributed by atoms with Crippen molar-refractivity contribution in [3.63, 3.8) is 0 Å². The van der Waals surface area contributed by atoms with Gasteiger partial charge in [0, 0.05) is 28.1 Å². The molecule has 28 heavy (non-hydrogen) atoms. The summed E-state index contributed by atoms with van der Waals surface area (Å²) in [4.78, 5) is 18.2. The summed E-state index contributed by atoms with van der Waals surface area (Å²) >= 11 is 0. The van der Waals surface area contributed by atoms with E-state index in [9.17, 15) is 4.79 Å². The van der Waals surface area contributed by atoms with Crippen LogP contribution >= 0.6 is 0 Å². The number of methoxy groups -OCH3 is 1. The van der Waals surface area contributed by atoms with Crippen LogP contribution in [0.25, 0.3) is 38.2 Å². The van der Waals surface area contributed by atoms with Crippen molar-refractivity contribution in [1.29, 1.82) is 0 Å². The lowest BCUT2D eigenvalue weighted by molar-refractivity contribution is 0.0912. The van der Waals surface area contributed by atoms with Crippen LogP contribution in [0.2, 0.25) is 0 Å². The summed E-state index contributed by atoms with van der Waals surface area (Å²) in [7, 11) is 1.65. The van der Waals surface area contributed by atoms with E-state index in [2.05, 4.69) is 24.2 Å². The monoisotopic (exact) mass is 370 g/mol. The Bertz CT molecular complexity index is 1450. The first-order valence-corrected chi connectivity index (χ1v) is 9.40. The predicted octanol–water partition coefficient (Wildman–Crippen LogP) is 4.19. The first-order valence-electron chi connectivity index (χ1n) is 9.40. The van der Waals surface area contributed by atoms with Crippen molar-refractivity contribution in [2.75, 3.05) is 7.11 Å². The Kier molecular flexibility index (Phi) is 2.79. The summed E-state index contributed by atoms with van der Waals surface area (Å²) in [5.74, 6) is 0.902. The first-order chi connectivity index (χ1) is 13.5. The molecule has 0 atom stereocenters. The molecule has 0 N–H and O–H groups in total. The van der Waals surface area contributed by atoms with Crippen LogP contribution in [0.3, 0.4) is 0 Å². The zero-order valence-electron chi connectivity index (χ0n) is 15.9. The van der Waals surface area contributed by atoms with Crippen molar-refractivity contribution in [2.45, 2.75) is 26.7 Å². The van der Waals surface area contributed by atoms with Gasteiger partial charge in [0.05, 0.1) is 23.8 Å². The predicted molar refractivity (Wildman–Crippen MR) is 107 cm³/mol. The topological polar surface area (TPSA) is 69.4 Å². The number of ketones is 1. The molecule has 0 saturated carbocycles. The number of rotatable bonds is 1. The third-order valence-corrected chi connectivity index (χ3v) is 5.90. The molecular formula is C22H18N4O2. The number of hydrogen-bond acceptors (Lipinski definition) is 5. The number of benzene rings is 2. The fourth-order valence-corrected chi connectivity index (χ4v) is 4.74. The summed E-state index contributed by atoms with van der Waals surface area (Å²) < 4.78 is 7.33. The summed E-state index contributed by atoms with van der Waals surface area (Å²) in [5.41, 5.74) is 5.06. The van der Waals surface area contributed by atoms with Crippen molar-refractivity contribution in [3.8, 4) is 5.75 Å². The lowest BCUT2D eigenvalue weighted by atomic mass is 9.74. The zero-order chi connectivity index (χ0) is 19.2. The Morgan fingerprint density at radius 2 is 1.89 bits per heavy atom. The molecule has 0 spiro atoms. The van der Waals surface area contributed by atoms with Crippen molar-refractivity contribution in [3.05, 3.63) is 41.6 Å². The van der Waals surface area contributed by atoms with Gasteiger partial charge >= 0.3 is 0 Å². The van der Waals surface area contributed by atoms with Gasteiger partial charge in [-0.25, -0.2) is 4.52 Å². The van der Waals surface area contributed by atoms with Crippen molar-refractivity contribution in [2.24, 2.45) is 5.41 Å². The molecule has 0 bridgehead atoms. The molecule has 0 fully saturated rings. The molecule has 1 aliphatic rings. The van der Waals surface area contributed by atoms with Crippen LogP contribution in [0.15, 0.2) is 30.3 Å². The number of Topliss-reactive ketones (excluding diaryl/α,β-unsaturated/α-hetero) is 1. The molecule has 0 unspecified atom stereocenters. The standard InChI is InChI=1S/C22H18N4O2/c1-22(2)9-15-19(17(27)10-22)18-12-8-11(28-3)4-7-16(12)26-21-14(24-25-26)6-5-13(23-15)20(18)21/h4-8H,9-10H2,1-3H3. The molecule has 5 aromatic rings. The number of fused-ring (bicyclic) bond motifs is 5. The minimum Gasteiger partial charge on any atom is -0.497 e. The minimum absolute atomic E-state index is 0.0865. The molecule has 3 heterocycles. The van der Waals surface area contributed by atoms with Gasteiger partial charge in [-0.1, -0.05) is 19.1 Å². The van der Waals surface area contributed by atoms with Gasteiger partial charge in [0.25, 0.3) is 0 Å². The highest BCUT2D eigenvalue weighted by Crippen LogP contribution is 2.43. The van der Waals surface area contributed by atoms with Gasteiger partial charge in [0.2, 0.25) is 0 Å². The van der Waals surface area contributed by atoms with E-state index < -0.39 is 0 Å². The number of carbonyl (C=O) groups is 1. The van der Waals surface area contributed by atoms with Crippen LogP contribution in [0.5, 0.6) is 5.75 Å². The van der Waals surface area contributed by atoms with E-state index in [0.29, 0.717) is 6.42 Å². The number of ether oxygens (including phenoxy) is 1. The van der Waals surface area contributed by atoms with Crippen LogP contribution in [0, 0.1) is 5.41 Å². The van der Waals surface area contributed by atoms with Gasteiger partial charge in [-0.2, -0.15) is 0 Å². The minimum atomic E-state index is -0.0865. The van der Waals surface area contributed by atoms with E-state index >= 15 is 0 Å². The molecule has 1 aliphatic carbocycles. The molecule has 2 aromatic carbocycles. The Balaban J connectivity index is 1.94. The second-order valence-electron chi connectivity index (χ2n) is 8.46. The molecule has 138 valence electrons. The first kappa shape index (κ1) is 15.7. The highest BCUT2D eigenvalue weighted by atomic mass is 16.5. The van der Waals surface area contributed by atoms with Gasteiger partial charge < -0.3 is 4.74 Å². The molecule has 0 aliphatic heterocycles. The van der Waals surface area contributed by atoms with Crippen LogP contribution in [0.4, 0.5) is 0 Å². The second kappa shape index (κ2) is 4.95. The smallest absolute Gasteiger partial charge is 0.165 e. The van der Waals surface area contributed by atoms with Crippen molar-refractivity contribution < 1.29 is 9.53 Å². The molecule has 6 nitrogen and oxygen atoms in total. The average molecular weight is 370 g/mol. The summed E-state index contributed by atoms with van der Waals surface area (Å²) in [6, 6.07) is 9.82. The van der Waals surface area contributed by atoms with E-state index in [1.165, 1.54) is 0 Å². The van der Waals surface area contributed by atoms with E-state index in [0.717, 1.165) is 61.7 Å². The Morgan fingerprint density at radius 1 is 1.07 bits per heavy atom. The van der Waals surface area contributed by atoms with Gasteiger partial charge in [-0.3, -0.25) is 9.78 Å². The van der Waals surface area contributed by atoms with Crippen LogP contribution in [-0.2, 0) is 6.42 Å². The quantitative estimate of drug-likeness (QED) is 0.327. The van der Waals surface area contributed by atoms with Crippen LogP contribution < -0.4 is 4.74 Å². The lowest BCUT2D eigenvalue weighted by Crippen LogP contribution is -2.28. The highest BCUT2D eigenvalue weighted by Gasteiger charge is 2.35. The Hall–Kier alpha value is -3.28. The van der Waals surface area contributed by atoms with E-state index in [1.807, 2.05) is 34.8 Å². The number of hydrogen-bond donors (Lipinski definition) is 0. The normalized spacial score (nSPS) is 16.5. The van der Waals surface area contributed by atoms with Gasteiger partial charge in [0.1, 0.15) is 16.8 Å². The van der Waals surface area contributed by atoms with E-state index in [4.69, 9.17) is 9.72 Å². The lowest BCUT2D eigenvalue weighted by Gasteiger charge is -2.30. The van der Waals surface area contributed by atoms with Gasteiger partial charge in [-0.15, -0.1) is 5.10 Å². The maximum Gasteiger partial charge on any atom is 0.165 e. The van der Waals surface area contributed by atoms with Crippen molar-refractivity contribution >= 4 is 44.0 Å².